The van der Waals surface area contributed by atoms with Crippen LogP contribution in [0, 0.1) is 6.92 Å². The summed E-state index contributed by atoms with van der Waals surface area (Å²) in [4.78, 5) is 28.2. The number of aryl methyl sites for hydroxylation is 1. The summed E-state index contributed by atoms with van der Waals surface area (Å²) in [5.41, 5.74) is 0.847. The number of fused-ring (bicyclic) bond motifs is 2. The van der Waals surface area contributed by atoms with E-state index in [4.69, 9.17) is 9.15 Å². The van der Waals surface area contributed by atoms with Crippen LogP contribution in [0.25, 0.3) is 11.0 Å². The topological polar surface area (TPSA) is 106 Å². The molecule has 3 heterocycles. The first-order chi connectivity index (χ1) is 14.5. The van der Waals surface area contributed by atoms with Crippen molar-refractivity contribution in [1.29, 1.82) is 0 Å². The molecule has 9 heteroatoms. The second-order valence-corrected chi connectivity index (χ2v) is 7.94. The highest BCUT2D eigenvalue weighted by molar-refractivity contribution is 7.15. The summed E-state index contributed by atoms with van der Waals surface area (Å²) in [5, 5.41) is 19.5. The molecule has 1 atom stereocenters. The molecule has 0 radical (unpaired) electrons. The number of benzene rings is 2. The number of carbonyl (C=O) groups is 1. The minimum absolute atomic E-state index is 0.0244. The summed E-state index contributed by atoms with van der Waals surface area (Å²) in [6.07, 6.45) is 0. The standard InChI is InChI=1S/C21H15N3O5S/c1-10-22-23-21(30-10)24-17(11-7-8-13(25)15(9-11)28-2)16-18(26)12-5-3-4-6-14(12)29-19(16)20(24)27/h3-9,17,25H,1-2H3/t17-/m0/s1. The molecule has 1 aliphatic heterocycles. The molecule has 0 saturated carbocycles. The lowest BCUT2D eigenvalue weighted by molar-refractivity contribution is 0.0970. The van der Waals surface area contributed by atoms with Crippen LogP contribution < -0.4 is 15.1 Å². The van der Waals surface area contributed by atoms with E-state index in [1.54, 1.807) is 43.3 Å². The minimum atomic E-state index is -0.796. The molecule has 0 unspecified atom stereocenters. The van der Waals surface area contributed by atoms with Gasteiger partial charge in [0, 0.05) is 0 Å². The molecule has 0 bridgehead atoms. The average molecular weight is 421 g/mol. The fraction of sp³-hybridized carbons (Fsp3) is 0.143. The lowest BCUT2D eigenvalue weighted by Crippen LogP contribution is -2.29. The third-order valence-electron chi connectivity index (χ3n) is 5.02. The maximum Gasteiger partial charge on any atom is 0.297 e. The van der Waals surface area contributed by atoms with Gasteiger partial charge in [0.25, 0.3) is 5.91 Å². The molecule has 4 aromatic rings. The van der Waals surface area contributed by atoms with E-state index in [-0.39, 0.29) is 28.3 Å². The normalized spacial score (nSPS) is 15.6. The second kappa shape index (κ2) is 6.67. The van der Waals surface area contributed by atoms with E-state index in [1.807, 2.05) is 0 Å². The van der Waals surface area contributed by atoms with Gasteiger partial charge in [-0.05, 0) is 36.8 Å². The van der Waals surface area contributed by atoms with Crippen LogP contribution in [0.15, 0.2) is 51.7 Å². The molecule has 1 N–H and O–H groups in total. The monoisotopic (exact) mass is 421 g/mol. The quantitative estimate of drug-likeness (QED) is 0.540. The van der Waals surface area contributed by atoms with Gasteiger partial charge in [0.2, 0.25) is 10.9 Å². The van der Waals surface area contributed by atoms with Gasteiger partial charge >= 0.3 is 0 Å². The van der Waals surface area contributed by atoms with Crippen LogP contribution in [0.3, 0.4) is 0 Å². The van der Waals surface area contributed by atoms with Crippen LogP contribution in [-0.2, 0) is 0 Å². The largest absolute Gasteiger partial charge is 0.504 e. The van der Waals surface area contributed by atoms with Gasteiger partial charge in [-0.1, -0.05) is 29.5 Å². The lowest BCUT2D eigenvalue weighted by Gasteiger charge is -2.22. The van der Waals surface area contributed by atoms with Crippen molar-refractivity contribution in [2.24, 2.45) is 0 Å². The number of hydrogen-bond donors (Lipinski definition) is 1. The highest BCUT2D eigenvalue weighted by Crippen LogP contribution is 2.43. The third kappa shape index (κ3) is 2.59. The Hall–Kier alpha value is -3.72. The molecule has 5 rings (SSSR count). The molecule has 0 spiro atoms. The van der Waals surface area contributed by atoms with Crippen molar-refractivity contribution < 1.29 is 19.1 Å². The molecular formula is C21H15N3O5S. The molecule has 2 aromatic heterocycles. The van der Waals surface area contributed by atoms with Crippen LogP contribution in [0.2, 0.25) is 0 Å². The Balaban J connectivity index is 1.82. The van der Waals surface area contributed by atoms with Crippen LogP contribution >= 0.6 is 11.3 Å². The zero-order valence-electron chi connectivity index (χ0n) is 15.9. The summed E-state index contributed by atoms with van der Waals surface area (Å²) in [6, 6.07) is 10.7. The number of ether oxygens (including phenoxy) is 1. The smallest absolute Gasteiger partial charge is 0.297 e. The Bertz CT molecular complexity index is 1380. The van der Waals surface area contributed by atoms with Crippen LogP contribution in [-0.4, -0.2) is 28.3 Å². The number of aromatic nitrogens is 2. The van der Waals surface area contributed by atoms with Crippen LogP contribution in [0.1, 0.15) is 32.7 Å². The van der Waals surface area contributed by atoms with Crippen LogP contribution in [0.5, 0.6) is 11.5 Å². The summed E-state index contributed by atoms with van der Waals surface area (Å²) in [5.74, 6) is -0.314. The van der Waals surface area contributed by atoms with E-state index in [1.165, 1.54) is 29.4 Å². The Morgan fingerprint density at radius 2 is 1.97 bits per heavy atom. The Kier molecular flexibility index (Phi) is 4.07. The predicted molar refractivity (Wildman–Crippen MR) is 110 cm³/mol. The van der Waals surface area contributed by atoms with Crippen molar-refractivity contribution in [2.75, 3.05) is 12.0 Å². The number of aromatic hydroxyl groups is 1. The van der Waals surface area contributed by atoms with E-state index in [0.717, 1.165) is 0 Å². The summed E-state index contributed by atoms with van der Waals surface area (Å²) in [7, 11) is 1.43. The zero-order valence-corrected chi connectivity index (χ0v) is 16.8. The SMILES string of the molecule is COc1cc([C@H]2c3c(oc4ccccc4c3=O)C(=O)N2c2nnc(C)s2)ccc1O. The first kappa shape index (κ1) is 18.3. The van der Waals surface area contributed by atoms with Gasteiger partial charge in [0.1, 0.15) is 10.6 Å². The van der Waals surface area contributed by atoms with Gasteiger partial charge in [0.05, 0.1) is 24.1 Å². The molecule has 0 aliphatic carbocycles. The summed E-state index contributed by atoms with van der Waals surface area (Å²) >= 11 is 1.24. The number of nitrogens with zero attached hydrogens (tertiary/aromatic N) is 3. The highest BCUT2D eigenvalue weighted by Gasteiger charge is 2.45. The van der Waals surface area contributed by atoms with Crippen molar-refractivity contribution in [3.8, 4) is 11.5 Å². The lowest BCUT2D eigenvalue weighted by atomic mass is 9.98. The zero-order chi connectivity index (χ0) is 21.0. The molecule has 2 aromatic carbocycles. The highest BCUT2D eigenvalue weighted by atomic mass is 32.1. The molecule has 1 aliphatic rings. The minimum Gasteiger partial charge on any atom is -0.504 e. The van der Waals surface area contributed by atoms with Gasteiger partial charge in [-0.3, -0.25) is 14.5 Å². The Morgan fingerprint density at radius 1 is 1.17 bits per heavy atom. The van der Waals surface area contributed by atoms with Crippen molar-refractivity contribution in [3.63, 3.8) is 0 Å². The Morgan fingerprint density at radius 3 is 2.70 bits per heavy atom. The summed E-state index contributed by atoms with van der Waals surface area (Å²) < 4.78 is 11.1. The molecular weight excluding hydrogens is 406 g/mol. The number of phenolic OH excluding ortho intramolecular Hbond substituents is 1. The van der Waals surface area contributed by atoms with Gasteiger partial charge < -0.3 is 14.3 Å². The number of amides is 1. The first-order valence-electron chi connectivity index (χ1n) is 9.06. The fourth-order valence-corrected chi connectivity index (χ4v) is 4.39. The number of phenols is 1. The Labute approximate surface area is 174 Å². The number of hydrogen-bond acceptors (Lipinski definition) is 8. The number of para-hydroxylation sites is 1. The number of methoxy groups -OCH3 is 1. The molecule has 30 heavy (non-hydrogen) atoms. The molecule has 1 amide bonds. The molecule has 150 valence electrons. The first-order valence-corrected chi connectivity index (χ1v) is 9.87. The number of anilines is 1. The van der Waals surface area contributed by atoms with Gasteiger partial charge in [0.15, 0.2) is 16.9 Å². The van der Waals surface area contributed by atoms with E-state index in [2.05, 4.69) is 10.2 Å². The van der Waals surface area contributed by atoms with Crippen LogP contribution in [0.4, 0.5) is 5.13 Å². The second-order valence-electron chi connectivity index (χ2n) is 6.78. The van der Waals surface area contributed by atoms with E-state index in [0.29, 0.717) is 26.7 Å². The number of carbonyl (C=O) groups excluding carboxylic acids is 1. The van der Waals surface area contributed by atoms with Crippen molar-refractivity contribution in [1.82, 2.24) is 10.2 Å². The predicted octanol–water partition coefficient (Wildman–Crippen LogP) is 3.42. The van der Waals surface area contributed by atoms with E-state index in [9.17, 15) is 14.7 Å². The molecule has 8 nitrogen and oxygen atoms in total. The van der Waals surface area contributed by atoms with Crippen molar-refractivity contribution in [2.45, 2.75) is 13.0 Å². The van der Waals surface area contributed by atoms with E-state index >= 15 is 0 Å². The number of rotatable bonds is 3. The van der Waals surface area contributed by atoms with E-state index < -0.39 is 11.9 Å². The van der Waals surface area contributed by atoms with Crippen molar-refractivity contribution >= 4 is 33.3 Å². The maximum absolute atomic E-state index is 13.4. The van der Waals surface area contributed by atoms with Crippen molar-refractivity contribution in [3.05, 3.63) is 74.6 Å². The molecule has 0 fully saturated rings. The summed E-state index contributed by atoms with van der Waals surface area (Å²) in [6.45, 7) is 1.78. The molecule has 0 saturated heterocycles. The van der Waals surface area contributed by atoms with Gasteiger partial charge in [-0.15, -0.1) is 10.2 Å². The van der Waals surface area contributed by atoms with Gasteiger partial charge in [-0.25, -0.2) is 0 Å². The fourth-order valence-electron chi connectivity index (χ4n) is 3.68. The third-order valence-corrected chi connectivity index (χ3v) is 5.86. The average Bonchev–Trinajstić information content (AvgIpc) is 3.30. The maximum atomic E-state index is 13.4. The van der Waals surface area contributed by atoms with Gasteiger partial charge in [-0.2, -0.15) is 0 Å².